The summed E-state index contributed by atoms with van der Waals surface area (Å²) in [6.07, 6.45) is 5.53. The van der Waals surface area contributed by atoms with Crippen LogP contribution in [0.5, 0.6) is 5.75 Å². The number of rotatable bonds is 11. The van der Waals surface area contributed by atoms with E-state index in [1.54, 1.807) is 19.1 Å². The van der Waals surface area contributed by atoms with Crippen LogP contribution in [-0.2, 0) is 26.0 Å². The second kappa shape index (κ2) is 12.5. The van der Waals surface area contributed by atoms with Gasteiger partial charge in [-0.3, -0.25) is 13.9 Å². The van der Waals surface area contributed by atoms with E-state index in [0.29, 0.717) is 11.4 Å². The van der Waals surface area contributed by atoms with Gasteiger partial charge in [-0.15, -0.1) is 0 Å². The van der Waals surface area contributed by atoms with Crippen molar-refractivity contribution in [2.75, 3.05) is 30.8 Å². The average Bonchev–Trinajstić information content (AvgIpc) is 3.35. The van der Waals surface area contributed by atoms with Crippen LogP contribution in [0.15, 0.2) is 48.5 Å². The first-order valence-corrected chi connectivity index (χ1v) is 14.3. The minimum absolute atomic E-state index is 0.106. The van der Waals surface area contributed by atoms with Crippen molar-refractivity contribution in [3.63, 3.8) is 0 Å². The number of carbonyl (C=O) groups is 2. The zero-order chi connectivity index (χ0) is 26.3. The Morgan fingerprint density at radius 3 is 2.42 bits per heavy atom. The van der Waals surface area contributed by atoms with Crippen molar-refractivity contribution in [2.45, 2.75) is 51.1 Å². The number of sulfonamides is 1. The summed E-state index contributed by atoms with van der Waals surface area (Å²) in [6, 6.07) is 13.5. The number of carbonyl (C=O) groups excluding carboxylic acids is 2. The molecule has 1 fully saturated rings. The highest BCUT2D eigenvalue weighted by Gasteiger charge is 2.32. The molecule has 0 heterocycles. The lowest BCUT2D eigenvalue weighted by Gasteiger charge is -2.32. The molecule has 36 heavy (non-hydrogen) atoms. The normalized spacial score (nSPS) is 14.8. The van der Waals surface area contributed by atoms with E-state index in [0.717, 1.165) is 41.8 Å². The number of nitrogens with one attached hydrogen (secondary N) is 1. The lowest BCUT2D eigenvalue weighted by molar-refractivity contribution is -0.139. The number of benzene rings is 2. The summed E-state index contributed by atoms with van der Waals surface area (Å²) >= 11 is 6.13. The van der Waals surface area contributed by atoms with E-state index < -0.39 is 28.5 Å². The Bertz CT molecular complexity index is 1150. The summed E-state index contributed by atoms with van der Waals surface area (Å²) in [5.41, 5.74) is 1.17. The third kappa shape index (κ3) is 7.36. The first kappa shape index (κ1) is 27.8. The summed E-state index contributed by atoms with van der Waals surface area (Å²) in [7, 11) is -2.47. The molecule has 1 aliphatic rings. The number of hydrogen-bond acceptors (Lipinski definition) is 5. The SMILES string of the molecule is COc1ccc(Cl)cc1N(CC(=O)N(CCc1ccccc1)C(C)C(=O)NC1CCCC1)S(C)(=O)=O. The second-order valence-electron chi connectivity index (χ2n) is 9.07. The van der Waals surface area contributed by atoms with Crippen LogP contribution in [0.25, 0.3) is 0 Å². The van der Waals surface area contributed by atoms with E-state index in [1.165, 1.54) is 18.1 Å². The zero-order valence-corrected chi connectivity index (χ0v) is 22.5. The number of hydrogen-bond donors (Lipinski definition) is 1. The minimum atomic E-state index is -3.88. The van der Waals surface area contributed by atoms with Gasteiger partial charge in [-0.1, -0.05) is 54.8 Å². The number of amides is 2. The van der Waals surface area contributed by atoms with Crippen molar-refractivity contribution in [1.29, 1.82) is 0 Å². The average molecular weight is 536 g/mol. The molecule has 1 aliphatic carbocycles. The third-order valence-corrected chi connectivity index (χ3v) is 7.80. The van der Waals surface area contributed by atoms with Gasteiger partial charge in [-0.05, 0) is 49.9 Å². The van der Waals surface area contributed by atoms with E-state index in [1.807, 2.05) is 30.3 Å². The van der Waals surface area contributed by atoms with Gasteiger partial charge in [0.05, 0.1) is 19.1 Å². The Morgan fingerprint density at radius 2 is 1.81 bits per heavy atom. The highest BCUT2D eigenvalue weighted by molar-refractivity contribution is 7.92. The van der Waals surface area contributed by atoms with Crippen molar-refractivity contribution < 1.29 is 22.7 Å². The van der Waals surface area contributed by atoms with Crippen LogP contribution in [-0.4, -0.2) is 63.7 Å². The molecule has 0 bridgehead atoms. The van der Waals surface area contributed by atoms with Gasteiger partial charge in [0.25, 0.3) is 0 Å². The minimum Gasteiger partial charge on any atom is -0.495 e. The molecule has 3 rings (SSSR count). The monoisotopic (exact) mass is 535 g/mol. The fourth-order valence-electron chi connectivity index (χ4n) is 4.41. The Balaban J connectivity index is 1.87. The molecule has 196 valence electrons. The third-order valence-electron chi connectivity index (χ3n) is 6.44. The lowest BCUT2D eigenvalue weighted by atomic mass is 10.1. The first-order valence-electron chi connectivity index (χ1n) is 12.0. The van der Waals surface area contributed by atoms with Crippen molar-refractivity contribution in [3.8, 4) is 5.75 Å². The summed E-state index contributed by atoms with van der Waals surface area (Å²) in [4.78, 5) is 28.2. The molecule has 1 N–H and O–H groups in total. The van der Waals surface area contributed by atoms with Crippen molar-refractivity contribution in [2.24, 2.45) is 0 Å². The van der Waals surface area contributed by atoms with Crippen molar-refractivity contribution >= 4 is 39.1 Å². The smallest absolute Gasteiger partial charge is 0.244 e. The molecule has 2 aromatic rings. The van der Waals surface area contributed by atoms with Crippen LogP contribution in [0.1, 0.15) is 38.2 Å². The van der Waals surface area contributed by atoms with Gasteiger partial charge < -0.3 is 15.0 Å². The largest absolute Gasteiger partial charge is 0.495 e. The molecule has 0 saturated heterocycles. The van der Waals surface area contributed by atoms with Crippen molar-refractivity contribution in [3.05, 3.63) is 59.1 Å². The van der Waals surface area contributed by atoms with Gasteiger partial charge in [-0.2, -0.15) is 0 Å². The maximum Gasteiger partial charge on any atom is 0.244 e. The molecule has 2 aromatic carbocycles. The zero-order valence-electron chi connectivity index (χ0n) is 20.9. The van der Waals surface area contributed by atoms with Gasteiger partial charge in [0.15, 0.2) is 0 Å². The molecule has 0 aliphatic heterocycles. The predicted molar refractivity (Wildman–Crippen MR) is 142 cm³/mol. The number of anilines is 1. The van der Waals surface area contributed by atoms with E-state index in [4.69, 9.17) is 16.3 Å². The number of methoxy groups -OCH3 is 1. The number of halogens is 1. The van der Waals surface area contributed by atoms with E-state index in [9.17, 15) is 18.0 Å². The summed E-state index contributed by atoms with van der Waals surface area (Å²) in [5, 5.41) is 3.35. The Kier molecular flexibility index (Phi) is 9.62. The molecule has 8 nitrogen and oxygen atoms in total. The summed E-state index contributed by atoms with van der Waals surface area (Å²) in [5.74, 6) is -0.470. The lowest BCUT2D eigenvalue weighted by Crippen LogP contribution is -2.53. The van der Waals surface area contributed by atoms with Crippen LogP contribution >= 0.6 is 11.6 Å². The second-order valence-corrected chi connectivity index (χ2v) is 11.4. The maximum atomic E-state index is 13.6. The first-order chi connectivity index (χ1) is 17.1. The highest BCUT2D eigenvalue weighted by atomic mass is 35.5. The van der Waals surface area contributed by atoms with Crippen LogP contribution in [0.3, 0.4) is 0 Å². The van der Waals surface area contributed by atoms with Gasteiger partial charge in [0, 0.05) is 17.6 Å². The van der Waals surface area contributed by atoms with Gasteiger partial charge in [-0.25, -0.2) is 8.42 Å². The molecule has 1 unspecified atom stereocenters. The molecule has 0 radical (unpaired) electrons. The molecule has 10 heteroatoms. The van der Waals surface area contributed by atoms with E-state index >= 15 is 0 Å². The molecule has 0 spiro atoms. The summed E-state index contributed by atoms with van der Waals surface area (Å²) < 4.78 is 31.8. The molecular weight excluding hydrogens is 502 g/mol. The Labute approximate surface area is 218 Å². The predicted octanol–water partition coefficient (Wildman–Crippen LogP) is 3.63. The fourth-order valence-corrected chi connectivity index (χ4v) is 5.43. The molecule has 1 atom stereocenters. The fraction of sp³-hybridized carbons (Fsp3) is 0.462. The van der Waals surface area contributed by atoms with Crippen LogP contribution < -0.4 is 14.4 Å². The number of ether oxygens (including phenoxy) is 1. The Morgan fingerprint density at radius 1 is 1.14 bits per heavy atom. The van der Waals surface area contributed by atoms with Gasteiger partial charge in [0.1, 0.15) is 18.3 Å². The Hall–Kier alpha value is -2.78. The van der Waals surface area contributed by atoms with E-state index in [-0.39, 0.29) is 29.9 Å². The van der Waals surface area contributed by atoms with Crippen molar-refractivity contribution in [1.82, 2.24) is 10.2 Å². The topological polar surface area (TPSA) is 96.0 Å². The standard InChI is InChI=1S/C26H34ClN3O5S/c1-19(26(32)28-22-11-7-8-12-22)29(16-15-20-9-5-4-6-10-20)25(31)18-30(36(3,33)34)23-17-21(27)13-14-24(23)35-2/h4-6,9-10,13-14,17,19,22H,7-8,11-12,15-16,18H2,1-3H3,(H,28,32). The molecule has 1 saturated carbocycles. The highest BCUT2D eigenvalue weighted by Crippen LogP contribution is 2.33. The van der Waals surface area contributed by atoms with Gasteiger partial charge in [0.2, 0.25) is 21.8 Å². The summed E-state index contributed by atoms with van der Waals surface area (Å²) in [6.45, 7) is 1.44. The quantitative estimate of drug-likeness (QED) is 0.474. The maximum absolute atomic E-state index is 13.6. The molecule has 2 amide bonds. The molecular formula is C26H34ClN3O5S. The molecule has 0 aromatic heterocycles. The van der Waals surface area contributed by atoms with Gasteiger partial charge >= 0.3 is 0 Å². The van der Waals surface area contributed by atoms with Crippen LogP contribution in [0, 0.1) is 0 Å². The van der Waals surface area contributed by atoms with Crippen LogP contribution in [0.2, 0.25) is 5.02 Å². The van der Waals surface area contributed by atoms with E-state index in [2.05, 4.69) is 5.32 Å². The number of nitrogens with zero attached hydrogens (tertiary/aromatic N) is 2. The van der Waals surface area contributed by atoms with Crippen LogP contribution in [0.4, 0.5) is 5.69 Å².